The topological polar surface area (TPSA) is 72.5 Å². The van der Waals surface area contributed by atoms with Gasteiger partial charge in [0.2, 0.25) is 0 Å². The van der Waals surface area contributed by atoms with Gasteiger partial charge in [0.05, 0.1) is 7.11 Å². The summed E-state index contributed by atoms with van der Waals surface area (Å²) in [4.78, 5) is 8.58. The zero-order valence-electron chi connectivity index (χ0n) is 13.7. The van der Waals surface area contributed by atoms with Gasteiger partial charge in [-0.25, -0.2) is 0 Å². The largest absolute Gasteiger partial charge is 0.496 e. The van der Waals surface area contributed by atoms with Gasteiger partial charge in [-0.3, -0.25) is 9.98 Å². The predicted octanol–water partition coefficient (Wildman–Crippen LogP) is 2.09. The van der Waals surface area contributed by atoms with Crippen LogP contribution in [0, 0.1) is 6.92 Å². The van der Waals surface area contributed by atoms with Gasteiger partial charge < -0.3 is 15.8 Å². The Morgan fingerprint density at radius 3 is 2.87 bits per heavy atom. The average molecular weight is 312 g/mol. The van der Waals surface area contributed by atoms with E-state index < -0.39 is 0 Å². The Bertz CT molecular complexity index is 641. The first-order valence-corrected chi connectivity index (χ1v) is 7.76. The van der Waals surface area contributed by atoms with E-state index in [1.807, 2.05) is 25.1 Å². The van der Waals surface area contributed by atoms with E-state index >= 15 is 0 Å². The Morgan fingerprint density at radius 1 is 1.26 bits per heavy atom. The van der Waals surface area contributed by atoms with Crippen LogP contribution in [0.25, 0.3) is 0 Å². The van der Waals surface area contributed by atoms with E-state index in [9.17, 15) is 0 Å². The van der Waals surface area contributed by atoms with Crippen molar-refractivity contribution in [1.29, 1.82) is 0 Å². The summed E-state index contributed by atoms with van der Waals surface area (Å²) in [5, 5.41) is 3.14. The number of ether oxygens (including phenoxy) is 1. The molecular formula is C18H24N4O. The monoisotopic (exact) mass is 312 g/mol. The van der Waals surface area contributed by atoms with Crippen molar-refractivity contribution in [2.24, 2.45) is 10.7 Å². The normalized spacial score (nSPS) is 11.3. The Labute approximate surface area is 137 Å². The zero-order chi connectivity index (χ0) is 16.5. The molecule has 5 nitrogen and oxygen atoms in total. The van der Waals surface area contributed by atoms with Gasteiger partial charge in [0, 0.05) is 31.4 Å². The third-order valence-electron chi connectivity index (χ3n) is 3.57. The second-order valence-corrected chi connectivity index (χ2v) is 5.32. The lowest BCUT2D eigenvalue weighted by atomic mass is 10.1. The molecule has 1 heterocycles. The SMILES string of the molecule is COc1cc(CCNC(N)=NCCc2ccccn2)ccc1C. The highest BCUT2D eigenvalue weighted by atomic mass is 16.5. The third-order valence-corrected chi connectivity index (χ3v) is 3.57. The summed E-state index contributed by atoms with van der Waals surface area (Å²) in [6.07, 6.45) is 3.45. The number of nitrogens with one attached hydrogen (secondary N) is 1. The quantitative estimate of drug-likeness (QED) is 0.606. The van der Waals surface area contributed by atoms with Gasteiger partial charge in [0.1, 0.15) is 5.75 Å². The first-order chi connectivity index (χ1) is 11.2. The molecule has 23 heavy (non-hydrogen) atoms. The van der Waals surface area contributed by atoms with Gasteiger partial charge in [-0.2, -0.15) is 0 Å². The molecule has 3 N–H and O–H groups in total. The second-order valence-electron chi connectivity index (χ2n) is 5.32. The number of pyridine rings is 1. The summed E-state index contributed by atoms with van der Waals surface area (Å²) >= 11 is 0. The molecule has 0 spiro atoms. The van der Waals surface area contributed by atoms with E-state index in [4.69, 9.17) is 10.5 Å². The molecule has 2 rings (SSSR count). The minimum Gasteiger partial charge on any atom is -0.496 e. The van der Waals surface area contributed by atoms with Crippen LogP contribution in [0.4, 0.5) is 0 Å². The molecule has 122 valence electrons. The Balaban J connectivity index is 1.73. The summed E-state index contributed by atoms with van der Waals surface area (Å²) in [5.41, 5.74) is 9.25. The molecule has 0 fully saturated rings. The Hall–Kier alpha value is -2.56. The van der Waals surface area contributed by atoms with Gasteiger partial charge in [0.25, 0.3) is 0 Å². The van der Waals surface area contributed by atoms with Gasteiger partial charge in [-0.1, -0.05) is 18.2 Å². The van der Waals surface area contributed by atoms with Crippen LogP contribution in [0.15, 0.2) is 47.6 Å². The zero-order valence-corrected chi connectivity index (χ0v) is 13.7. The maximum Gasteiger partial charge on any atom is 0.188 e. The number of guanidine groups is 1. The van der Waals surface area contributed by atoms with Crippen molar-refractivity contribution in [2.75, 3.05) is 20.2 Å². The van der Waals surface area contributed by atoms with Crippen molar-refractivity contribution in [3.8, 4) is 5.75 Å². The maximum absolute atomic E-state index is 5.88. The van der Waals surface area contributed by atoms with Crippen molar-refractivity contribution < 1.29 is 4.74 Å². The summed E-state index contributed by atoms with van der Waals surface area (Å²) in [5.74, 6) is 1.39. The van der Waals surface area contributed by atoms with Crippen LogP contribution in [-0.2, 0) is 12.8 Å². The number of methoxy groups -OCH3 is 1. The van der Waals surface area contributed by atoms with E-state index in [1.54, 1.807) is 13.3 Å². The molecule has 0 radical (unpaired) electrons. The smallest absolute Gasteiger partial charge is 0.188 e. The molecule has 0 unspecified atom stereocenters. The van der Waals surface area contributed by atoms with Crippen LogP contribution in [0.1, 0.15) is 16.8 Å². The number of aryl methyl sites for hydroxylation is 1. The number of hydrogen-bond acceptors (Lipinski definition) is 3. The molecule has 0 saturated heterocycles. The van der Waals surface area contributed by atoms with Crippen molar-refractivity contribution in [1.82, 2.24) is 10.3 Å². The van der Waals surface area contributed by atoms with Crippen LogP contribution in [0.3, 0.4) is 0 Å². The van der Waals surface area contributed by atoms with Crippen molar-refractivity contribution >= 4 is 5.96 Å². The number of hydrogen-bond donors (Lipinski definition) is 2. The molecular weight excluding hydrogens is 288 g/mol. The number of nitrogens with zero attached hydrogens (tertiary/aromatic N) is 2. The lowest BCUT2D eigenvalue weighted by molar-refractivity contribution is 0.411. The highest BCUT2D eigenvalue weighted by Crippen LogP contribution is 2.18. The third kappa shape index (κ3) is 5.62. The van der Waals surface area contributed by atoms with Crippen LogP contribution in [0.5, 0.6) is 5.75 Å². The second kappa shape index (κ2) is 8.78. The molecule has 1 aromatic heterocycles. The van der Waals surface area contributed by atoms with Gasteiger partial charge in [-0.05, 0) is 42.7 Å². The number of aliphatic imine (C=N–C) groups is 1. The minimum atomic E-state index is 0.472. The summed E-state index contributed by atoms with van der Waals surface area (Å²) in [6, 6.07) is 12.1. The van der Waals surface area contributed by atoms with Crippen LogP contribution in [-0.4, -0.2) is 31.1 Å². The van der Waals surface area contributed by atoms with E-state index in [-0.39, 0.29) is 0 Å². The van der Waals surface area contributed by atoms with Crippen LogP contribution >= 0.6 is 0 Å². The minimum absolute atomic E-state index is 0.472. The Morgan fingerprint density at radius 2 is 2.13 bits per heavy atom. The fourth-order valence-corrected chi connectivity index (χ4v) is 2.25. The van der Waals surface area contributed by atoms with Crippen LogP contribution in [0.2, 0.25) is 0 Å². The Kier molecular flexibility index (Phi) is 6.41. The van der Waals surface area contributed by atoms with E-state index in [0.29, 0.717) is 12.5 Å². The molecule has 0 amide bonds. The van der Waals surface area contributed by atoms with Crippen molar-refractivity contribution in [3.63, 3.8) is 0 Å². The molecule has 1 aromatic carbocycles. The standard InChI is InChI=1S/C18H24N4O/c1-14-6-7-15(13-17(14)23-2)8-11-21-18(19)22-12-9-16-5-3-4-10-20-16/h3-7,10,13H,8-9,11-12H2,1-2H3,(H3,19,21,22). The summed E-state index contributed by atoms with van der Waals surface area (Å²) < 4.78 is 5.33. The molecule has 5 heteroatoms. The maximum atomic E-state index is 5.88. The fourth-order valence-electron chi connectivity index (χ4n) is 2.25. The lowest BCUT2D eigenvalue weighted by Crippen LogP contribution is -2.33. The number of benzene rings is 1. The molecule has 0 aliphatic carbocycles. The van der Waals surface area contributed by atoms with Gasteiger partial charge >= 0.3 is 0 Å². The average Bonchev–Trinajstić information content (AvgIpc) is 2.57. The molecule has 0 aliphatic rings. The molecule has 0 aliphatic heterocycles. The number of rotatable bonds is 7. The number of nitrogens with two attached hydrogens (primary N) is 1. The lowest BCUT2D eigenvalue weighted by Gasteiger charge is -2.09. The number of aromatic nitrogens is 1. The summed E-state index contributed by atoms with van der Waals surface area (Å²) in [6.45, 7) is 3.41. The summed E-state index contributed by atoms with van der Waals surface area (Å²) in [7, 11) is 1.69. The molecule has 0 saturated carbocycles. The van der Waals surface area contributed by atoms with Gasteiger partial charge in [0.15, 0.2) is 5.96 Å². The molecule has 0 bridgehead atoms. The predicted molar refractivity (Wildman–Crippen MR) is 93.9 cm³/mol. The molecule has 2 aromatic rings. The highest BCUT2D eigenvalue weighted by molar-refractivity contribution is 5.77. The van der Waals surface area contributed by atoms with E-state index in [0.717, 1.165) is 36.4 Å². The fraction of sp³-hybridized carbons (Fsp3) is 0.333. The van der Waals surface area contributed by atoms with Crippen LogP contribution < -0.4 is 15.8 Å². The molecule has 0 atom stereocenters. The first kappa shape index (κ1) is 16.8. The van der Waals surface area contributed by atoms with Gasteiger partial charge in [-0.15, -0.1) is 0 Å². The van der Waals surface area contributed by atoms with Crippen molar-refractivity contribution in [3.05, 3.63) is 59.4 Å². The van der Waals surface area contributed by atoms with Crippen molar-refractivity contribution in [2.45, 2.75) is 19.8 Å². The highest BCUT2D eigenvalue weighted by Gasteiger charge is 2.01. The van der Waals surface area contributed by atoms with E-state index in [1.165, 1.54) is 5.56 Å². The first-order valence-electron chi connectivity index (χ1n) is 7.76. The van der Waals surface area contributed by atoms with E-state index in [2.05, 4.69) is 33.5 Å².